The second-order valence-corrected chi connectivity index (χ2v) is 5.73. The number of aromatic nitrogens is 2. The van der Waals surface area contributed by atoms with E-state index in [0.717, 1.165) is 41.0 Å². The summed E-state index contributed by atoms with van der Waals surface area (Å²) in [4.78, 5) is 0. The third-order valence-corrected chi connectivity index (χ3v) is 4.17. The molecule has 4 nitrogen and oxygen atoms in total. The molecule has 1 aromatic heterocycles. The lowest BCUT2D eigenvalue weighted by Gasteiger charge is -2.10. The van der Waals surface area contributed by atoms with Crippen LogP contribution in [0.2, 0.25) is 0 Å². The van der Waals surface area contributed by atoms with Crippen LogP contribution in [0.25, 0.3) is 0 Å². The van der Waals surface area contributed by atoms with E-state index in [1.807, 2.05) is 22.9 Å². The topological polar surface area (TPSA) is 53.1 Å². The third kappa shape index (κ3) is 4.08. The summed E-state index contributed by atoms with van der Waals surface area (Å²) in [6.07, 6.45) is 1.78. The highest BCUT2D eigenvalue weighted by Crippen LogP contribution is 2.23. The molecule has 114 valence electrons. The average Bonchev–Trinajstić information content (AvgIpc) is 2.90. The van der Waals surface area contributed by atoms with Crippen LogP contribution in [0.5, 0.6) is 5.75 Å². The molecular formula is C16H22BrN3O. The van der Waals surface area contributed by atoms with Crippen molar-refractivity contribution in [3.8, 4) is 5.75 Å². The van der Waals surface area contributed by atoms with Gasteiger partial charge in [-0.3, -0.25) is 4.68 Å². The first-order valence-electron chi connectivity index (χ1n) is 7.34. The normalized spacial score (nSPS) is 10.9. The highest BCUT2D eigenvalue weighted by atomic mass is 79.9. The van der Waals surface area contributed by atoms with Gasteiger partial charge in [-0.15, -0.1) is 0 Å². The number of nitrogens with two attached hydrogens (primary N) is 1. The number of aryl methyl sites for hydroxylation is 2. The number of rotatable bonds is 7. The van der Waals surface area contributed by atoms with E-state index in [4.69, 9.17) is 10.5 Å². The van der Waals surface area contributed by atoms with Crippen molar-refractivity contribution in [2.45, 2.75) is 39.8 Å². The summed E-state index contributed by atoms with van der Waals surface area (Å²) in [5.74, 6) is 0.864. The lowest BCUT2D eigenvalue weighted by atomic mass is 10.1. The van der Waals surface area contributed by atoms with Crippen molar-refractivity contribution in [3.05, 3.63) is 45.7 Å². The van der Waals surface area contributed by atoms with Gasteiger partial charge in [0, 0.05) is 11.0 Å². The minimum atomic E-state index is 0.532. The summed E-state index contributed by atoms with van der Waals surface area (Å²) in [6, 6.07) is 8.14. The fraction of sp³-hybridized carbons (Fsp3) is 0.438. The second kappa shape index (κ2) is 7.61. The number of ether oxygens (including phenoxy) is 1. The number of halogens is 1. The largest absolute Gasteiger partial charge is 0.487 e. The maximum absolute atomic E-state index is 5.91. The number of benzene rings is 1. The van der Waals surface area contributed by atoms with E-state index in [2.05, 4.69) is 40.9 Å². The highest BCUT2D eigenvalue weighted by molar-refractivity contribution is 9.10. The molecule has 1 heterocycles. The zero-order valence-corrected chi connectivity index (χ0v) is 14.2. The Morgan fingerprint density at radius 3 is 2.76 bits per heavy atom. The first-order valence-corrected chi connectivity index (χ1v) is 8.14. The predicted octanol–water partition coefficient (Wildman–Crippen LogP) is 3.31. The fourth-order valence-corrected chi connectivity index (χ4v) is 2.67. The van der Waals surface area contributed by atoms with Crippen LogP contribution in [0.4, 0.5) is 0 Å². The molecule has 0 fully saturated rings. The van der Waals surface area contributed by atoms with Gasteiger partial charge in [0.15, 0.2) is 0 Å². The van der Waals surface area contributed by atoms with E-state index in [-0.39, 0.29) is 0 Å². The summed E-state index contributed by atoms with van der Waals surface area (Å²) in [5.41, 5.74) is 9.02. The summed E-state index contributed by atoms with van der Waals surface area (Å²) in [7, 11) is 0. The summed E-state index contributed by atoms with van der Waals surface area (Å²) in [6.45, 7) is 6.22. The van der Waals surface area contributed by atoms with Crippen LogP contribution < -0.4 is 10.5 Å². The van der Waals surface area contributed by atoms with Gasteiger partial charge in [0.05, 0.1) is 11.4 Å². The molecule has 2 aromatic rings. The van der Waals surface area contributed by atoms with Gasteiger partial charge in [-0.25, -0.2) is 0 Å². The first kappa shape index (κ1) is 16.0. The van der Waals surface area contributed by atoms with Crippen molar-refractivity contribution >= 4 is 15.9 Å². The molecule has 1 aromatic carbocycles. The molecule has 0 bridgehead atoms. The molecule has 21 heavy (non-hydrogen) atoms. The predicted molar refractivity (Wildman–Crippen MR) is 88.5 cm³/mol. The first-order chi connectivity index (χ1) is 10.2. The monoisotopic (exact) mass is 351 g/mol. The summed E-state index contributed by atoms with van der Waals surface area (Å²) >= 11 is 3.54. The Balaban J connectivity index is 2.09. The zero-order chi connectivity index (χ0) is 15.2. The second-order valence-electron chi connectivity index (χ2n) is 4.88. The van der Waals surface area contributed by atoms with Gasteiger partial charge in [0.25, 0.3) is 0 Å². The number of hydrogen-bond donors (Lipinski definition) is 1. The van der Waals surface area contributed by atoms with Crippen LogP contribution >= 0.6 is 15.9 Å². The molecule has 0 aliphatic rings. The molecule has 0 unspecified atom stereocenters. The lowest BCUT2D eigenvalue weighted by Crippen LogP contribution is -2.07. The molecule has 0 saturated heterocycles. The maximum Gasteiger partial charge on any atom is 0.130 e. The standard InChI is InChI=1S/C16H22BrN3O/c1-3-13-10-14(20(4-2)19-13)11-21-15-5-6-16(17)12(9-15)7-8-18/h5-6,9-10H,3-4,7-8,11,18H2,1-2H3. The van der Waals surface area contributed by atoms with E-state index >= 15 is 0 Å². The number of hydrogen-bond acceptors (Lipinski definition) is 3. The van der Waals surface area contributed by atoms with Crippen molar-refractivity contribution < 1.29 is 4.74 Å². The molecule has 0 saturated carbocycles. The van der Waals surface area contributed by atoms with Crippen molar-refractivity contribution in [3.63, 3.8) is 0 Å². The van der Waals surface area contributed by atoms with E-state index < -0.39 is 0 Å². The molecule has 0 spiro atoms. The van der Waals surface area contributed by atoms with Gasteiger partial charge in [0.1, 0.15) is 12.4 Å². The van der Waals surface area contributed by atoms with Crippen LogP contribution in [0, 0.1) is 0 Å². The van der Waals surface area contributed by atoms with Gasteiger partial charge < -0.3 is 10.5 Å². The van der Waals surface area contributed by atoms with Gasteiger partial charge in [0.2, 0.25) is 0 Å². The van der Waals surface area contributed by atoms with Gasteiger partial charge in [-0.1, -0.05) is 22.9 Å². The van der Waals surface area contributed by atoms with E-state index in [1.54, 1.807) is 0 Å². The smallest absolute Gasteiger partial charge is 0.130 e. The molecule has 0 atom stereocenters. The minimum absolute atomic E-state index is 0.532. The van der Waals surface area contributed by atoms with Crippen LogP contribution in [-0.4, -0.2) is 16.3 Å². The molecule has 0 amide bonds. The summed E-state index contributed by atoms with van der Waals surface area (Å²) < 4.78 is 8.99. The molecule has 2 N–H and O–H groups in total. The van der Waals surface area contributed by atoms with Gasteiger partial charge >= 0.3 is 0 Å². The fourth-order valence-electron chi connectivity index (χ4n) is 2.22. The quantitative estimate of drug-likeness (QED) is 0.832. The van der Waals surface area contributed by atoms with E-state index in [9.17, 15) is 0 Å². The average molecular weight is 352 g/mol. The Kier molecular flexibility index (Phi) is 5.82. The Morgan fingerprint density at radius 2 is 2.10 bits per heavy atom. The molecule has 5 heteroatoms. The SMILES string of the molecule is CCc1cc(COc2ccc(Br)c(CCN)c2)n(CC)n1. The number of nitrogens with zero attached hydrogens (tertiary/aromatic N) is 2. The Labute approximate surface area is 134 Å². The van der Waals surface area contributed by atoms with E-state index in [1.165, 1.54) is 5.56 Å². The van der Waals surface area contributed by atoms with Crippen LogP contribution in [-0.2, 0) is 26.0 Å². The van der Waals surface area contributed by atoms with Crippen molar-refractivity contribution in [2.75, 3.05) is 6.54 Å². The van der Waals surface area contributed by atoms with Crippen molar-refractivity contribution in [2.24, 2.45) is 5.73 Å². The summed E-state index contributed by atoms with van der Waals surface area (Å²) in [5, 5.41) is 4.53. The van der Waals surface area contributed by atoms with Gasteiger partial charge in [-0.05, 0) is 56.1 Å². The van der Waals surface area contributed by atoms with Crippen molar-refractivity contribution in [1.29, 1.82) is 0 Å². The highest BCUT2D eigenvalue weighted by Gasteiger charge is 2.07. The van der Waals surface area contributed by atoms with E-state index in [0.29, 0.717) is 13.2 Å². The van der Waals surface area contributed by atoms with Crippen molar-refractivity contribution in [1.82, 2.24) is 9.78 Å². The molecular weight excluding hydrogens is 330 g/mol. The zero-order valence-electron chi connectivity index (χ0n) is 12.6. The molecule has 2 rings (SSSR count). The molecule has 0 aliphatic carbocycles. The van der Waals surface area contributed by atoms with Crippen LogP contribution in [0.1, 0.15) is 30.8 Å². The Hall–Kier alpha value is -1.33. The van der Waals surface area contributed by atoms with Crippen LogP contribution in [0.3, 0.4) is 0 Å². The molecule has 0 radical (unpaired) electrons. The Bertz CT molecular complexity index is 595. The Morgan fingerprint density at radius 1 is 1.29 bits per heavy atom. The van der Waals surface area contributed by atoms with Gasteiger partial charge in [-0.2, -0.15) is 5.10 Å². The van der Waals surface area contributed by atoms with Crippen LogP contribution in [0.15, 0.2) is 28.7 Å². The lowest BCUT2D eigenvalue weighted by molar-refractivity contribution is 0.292. The minimum Gasteiger partial charge on any atom is -0.487 e. The third-order valence-electron chi connectivity index (χ3n) is 3.39. The molecule has 0 aliphatic heterocycles. The maximum atomic E-state index is 5.91.